The average Bonchev–Trinajstić information content (AvgIpc) is 1.69. The van der Waals surface area contributed by atoms with Gasteiger partial charge in [-0.1, -0.05) is 6.08 Å². The SMILES string of the molecule is C=CCN/N=C/C. The summed E-state index contributed by atoms with van der Waals surface area (Å²) >= 11 is 0. The van der Waals surface area contributed by atoms with E-state index in [0.29, 0.717) is 0 Å². The molecule has 0 bridgehead atoms. The second-order valence-corrected chi connectivity index (χ2v) is 1.04. The molecule has 1 N–H and O–H groups in total. The maximum Gasteiger partial charge on any atom is 0.0507 e. The lowest BCUT2D eigenvalue weighted by Crippen LogP contribution is -2.02. The molecule has 0 aliphatic carbocycles. The average molecular weight is 98.1 g/mol. The van der Waals surface area contributed by atoms with Crippen LogP contribution in [0, 0.1) is 0 Å². The van der Waals surface area contributed by atoms with Gasteiger partial charge in [0.1, 0.15) is 0 Å². The lowest BCUT2D eigenvalue weighted by Gasteiger charge is -1.87. The molecule has 0 radical (unpaired) electrons. The predicted molar refractivity (Wildman–Crippen MR) is 32.4 cm³/mol. The van der Waals surface area contributed by atoms with E-state index in [0.717, 1.165) is 6.54 Å². The molecule has 7 heavy (non-hydrogen) atoms. The molecule has 2 heteroatoms. The summed E-state index contributed by atoms with van der Waals surface area (Å²) in [5.74, 6) is 0. The Labute approximate surface area is 43.9 Å². The summed E-state index contributed by atoms with van der Waals surface area (Å²) in [6.45, 7) is 6.09. The van der Waals surface area contributed by atoms with E-state index in [9.17, 15) is 0 Å². The van der Waals surface area contributed by atoms with E-state index in [2.05, 4.69) is 17.1 Å². The first-order chi connectivity index (χ1) is 3.41. The number of hydrazone groups is 1. The van der Waals surface area contributed by atoms with Gasteiger partial charge in [0, 0.05) is 6.21 Å². The van der Waals surface area contributed by atoms with Crippen molar-refractivity contribution in [2.45, 2.75) is 6.92 Å². The Bertz CT molecular complexity index is 66.5. The first kappa shape index (κ1) is 6.21. The second kappa shape index (κ2) is 5.21. The van der Waals surface area contributed by atoms with E-state index < -0.39 is 0 Å². The molecule has 0 saturated carbocycles. The molecule has 0 spiro atoms. The molecule has 0 unspecified atom stereocenters. The van der Waals surface area contributed by atoms with Crippen molar-refractivity contribution < 1.29 is 0 Å². The van der Waals surface area contributed by atoms with Gasteiger partial charge < -0.3 is 5.43 Å². The zero-order chi connectivity index (χ0) is 5.54. The third kappa shape index (κ3) is 5.21. The normalized spacial score (nSPS) is 9.29. The van der Waals surface area contributed by atoms with Gasteiger partial charge in [-0.05, 0) is 6.92 Å². The van der Waals surface area contributed by atoms with Crippen molar-refractivity contribution in [1.29, 1.82) is 0 Å². The second-order valence-electron chi connectivity index (χ2n) is 1.04. The molecule has 0 heterocycles. The van der Waals surface area contributed by atoms with Crippen molar-refractivity contribution in [3.8, 4) is 0 Å². The Morgan fingerprint density at radius 3 is 3.00 bits per heavy atom. The molecule has 0 amide bonds. The largest absolute Gasteiger partial charge is 0.307 e. The Kier molecular flexibility index (Phi) is 4.62. The Hall–Kier alpha value is -0.790. The first-order valence-corrected chi connectivity index (χ1v) is 2.23. The molecular weight excluding hydrogens is 88.1 g/mol. The third-order valence-corrected chi connectivity index (χ3v) is 0.456. The summed E-state index contributed by atoms with van der Waals surface area (Å²) in [5, 5.41) is 3.72. The van der Waals surface area contributed by atoms with Crippen LogP contribution in [-0.4, -0.2) is 12.8 Å². The Morgan fingerprint density at radius 2 is 2.57 bits per heavy atom. The van der Waals surface area contributed by atoms with Crippen LogP contribution in [-0.2, 0) is 0 Å². The minimum atomic E-state index is 0.740. The zero-order valence-corrected chi connectivity index (χ0v) is 4.52. The maximum absolute atomic E-state index is 3.72. The summed E-state index contributed by atoms with van der Waals surface area (Å²) in [6.07, 6.45) is 3.45. The number of hydrogen-bond donors (Lipinski definition) is 1. The number of nitrogens with one attached hydrogen (secondary N) is 1. The number of hydrogen-bond acceptors (Lipinski definition) is 2. The Morgan fingerprint density at radius 1 is 1.86 bits per heavy atom. The van der Waals surface area contributed by atoms with Gasteiger partial charge in [-0.25, -0.2) is 0 Å². The summed E-state index contributed by atoms with van der Waals surface area (Å²) < 4.78 is 0. The van der Waals surface area contributed by atoms with Crippen LogP contribution in [0.1, 0.15) is 6.92 Å². The van der Waals surface area contributed by atoms with Crippen molar-refractivity contribution in [2.75, 3.05) is 6.54 Å². The van der Waals surface area contributed by atoms with Crippen LogP contribution in [0.5, 0.6) is 0 Å². The van der Waals surface area contributed by atoms with Gasteiger partial charge in [-0.2, -0.15) is 5.10 Å². The van der Waals surface area contributed by atoms with Gasteiger partial charge in [-0.15, -0.1) is 6.58 Å². The molecule has 0 aliphatic heterocycles. The number of rotatable bonds is 3. The minimum absolute atomic E-state index is 0.740. The molecule has 2 nitrogen and oxygen atoms in total. The van der Waals surface area contributed by atoms with Crippen molar-refractivity contribution >= 4 is 6.21 Å². The molecule has 0 fully saturated rings. The van der Waals surface area contributed by atoms with Gasteiger partial charge >= 0.3 is 0 Å². The van der Waals surface area contributed by atoms with Crippen LogP contribution in [0.15, 0.2) is 17.8 Å². The van der Waals surface area contributed by atoms with E-state index in [1.165, 1.54) is 0 Å². The number of nitrogens with zero attached hydrogens (tertiary/aromatic N) is 1. The Balaban J connectivity index is 2.82. The summed E-state index contributed by atoms with van der Waals surface area (Å²) in [7, 11) is 0. The van der Waals surface area contributed by atoms with E-state index in [1.54, 1.807) is 12.3 Å². The van der Waals surface area contributed by atoms with Crippen molar-refractivity contribution in [2.24, 2.45) is 5.10 Å². The van der Waals surface area contributed by atoms with Crippen LogP contribution in [0.25, 0.3) is 0 Å². The summed E-state index contributed by atoms with van der Waals surface area (Å²) in [5.41, 5.74) is 2.74. The van der Waals surface area contributed by atoms with Crippen LogP contribution in [0.4, 0.5) is 0 Å². The molecular formula is C5H10N2. The molecule has 0 atom stereocenters. The van der Waals surface area contributed by atoms with Crippen LogP contribution < -0.4 is 5.43 Å². The lowest BCUT2D eigenvalue weighted by molar-refractivity contribution is 0.831. The molecule has 0 saturated heterocycles. The van der Waals surface area contributed by atoms with E-state index in [1.807, 2.05) is 6.92 Å². The molecule has 0 aromatic heterocycles. The molecule has 0 aliphatic rings. The highest BCUT2D eigenvalue weighted by Gasteiger charge is 1.62. The van der Waals surface area contributed by atoms with Gasteiger partial charge in [0.05, 0.1) is 6.54 Å². The minimum Gasteiger partial charge on any atom is -0.307 e. The van der Waals surface area contributed by atoms with E-state index in [4.69, 9.17) is 0 Å². The monoisotopic (exact) mass is 98.1 g/mol. The highest BCUT2D eigenvalue weighted by atomic mass is 15.3. The van der Waals surface area contributed by atoms with E-state index >= 15 is 0 Å². The van der Waals surface area contributed by atoms with Gasteiger partial charge in [0.2, 0.25) is 0 Å². The van der Waals surface area contributed by atoms with Crippen LogP contribution in [0.2, 0.25) is 0 Å². The van der Waals surface area contributed by atoms with Crippen LogP contribution in [0.3, 0.4) is 0 Å². The van der Waals surface area contributed by atoms with Gasteiger partial charge in [-0.3, -0.25) is 0 Å². The zero-order valence-electron chi connectivity index (χ0n) is 4.52. The fraction of sp³-hybridized carbons (Fsp3) is 0.400. The smallest absolute Gasteiger partial charge is 0.0507 e. The predicted octanol–water partition coefficient (Wildman–Crippen LogP) is 0.768. The standard InChI is InChI=1S/C5H10N2/c1-3-5-7-6-4-2/h3-4,7H,1,5H2,2H3/b6-4+. The van der Waals surface area contributed by atoms with Crippen molar-refractivity contribution in [1.82, 2.24) is 5.43 Å². The fourth-order valence-electron chi connectivity index (χ4n) is 0.209. The highest BCUT2D eigenvalue weighted by molar-refractivity contribution is 5.52. The fourth-order valence-corrected chi connectivity index (χ4v) is 0.209. The summed E-state index contributed by atoms with van der Waals surface area (Å²) in [4.78, 5) is 0. The summed E-state index contributed by atoms with van der Waals surface area (Å²) in [6, 6.07) is 0. The first-order valence-electron chi connectivity index (χ1n) is 2.23. The third-order valence-electron chi connectivity index (χ3n) is 0.456. The topological polar surface area (TPSA) is 24.4 Å². The van der Waals surface area contributed by atoms with Crippen LogP contribution >= 0.6 is 0 Å². The van der Waals surface area contributed by atoms with Gasteiger partial charge in [0.25, 0.3) is 0 Å². The quantitative estimate of drug-likeness (QED) is 0.240. The maximum atomic E-state index is 3.72. The molecule has 40 valence electrons. The van der Waals surface area contributed by atoms with Gasteiger partial charge in [0.15, 0.2) is 0 Å². The van der Waals surface area contributed by atoms with Crippen molar-refractivity contribution in [3.05, 3.63) is 12.7 Å². The van der Waals surface area contributed by atoms with E-state index in [-0.39, 0.29) is 0 Å². The lowest BCUT2D eigenvalue weighted by atomic mass is 10.7. The molecule has 0 aromatic carbocycles. The van der Waals surface area contributed by atoms with Crippen molar-refractivity contribution in [3.63, 3.8) is 0 Å². The highest BCUT2D eigenvalue weighted by Crippen LogP contribution is 1.57. The molecule has 0 aromatic rings. The molecule has 0 rings (SSSR count).